The Labute approximate surface area is 99.1 Å². The van der Waals surface area contributed by atoms with Crippen molar-refractivity contribution in [2.45, 2.75) is 14.7 Å². The van der Waals surface area contributed by atoms with E-state index < -0.39 is 46.0 Å². The molecule has 0 fully saturated rings. The molecule has 0 amide bonds. The van der Waals surface area contributed by atoms with Gasteiger partial charge in [-0.2, -0.15) is 16.8 Å². The third-order valence-corrected chi connectivity index (χ3v) is 3.93. The molecule has 8 nitrogen and oxygen atoms in total. The molecule has 0 aromatic heterocycles. The van der Waals surface area contributed by atoms with Gasteiger partial charge in [0.05, 0.1) is 9.79 Å². The molecule has 1 unspecified atom stereocenters. The van der Waals surface area contributed by atoms with Gasteiger partial charge in [0.25, 0.3) is 20.2 Å². The van der Waals surface area contributed by atoms with Gasteiger partial charge in [-0.1, -0.05) is 0 Å². The van der Waals surface area contributed by atoms with Gasteiger partial charge in [0, 0.05) is 4.90 Å². The molecule has 0 spiro atoms. The minimum absolute atomic E-state index is 0.432. The van der Waals surface area contributed by atoms with Gasteiger partial charge < -0.3 is 4.55 Å². The predicted octanol–water partition coefficient (Wildman–Crippen LogP) is -0.582. The van der Waals surface area contributed by atoms with Crippen LogP contribution >= 0.6 is 0 Å². The Bertz CT molecular complexity index is 621. The van der Waals surface area contributed by atoms with Crippen molar-refractivity contribution in [3.05, 3.63) is 18.2 Å². The summed E-state index contributed by atoms with van der Waals surface area (Å²) < 4.78 is 81.6. The Hall–Kier alpha value is -0.850. The maximum Gasteiger partial charge on any atom is 0.294 e. The van der Waals surface area contributed by atoms with Crippen LogP contribution in [0, 0.1) is 0 Å². The lowest BCUT2D eigenvalue weighted by atomic mass is 10.4. The minimum Gasteiger partial charge on any atom is -0.768 e. The van der Waals surface area contributed by atoms with Gasteiger partial charge in [-0.3, -0.25) is 13.3 Å². The van der Waals surface area contributed by atoms with Gasteiger partial charge in [0.15, 0.2) is 0 Å². The normalized spacial score (nSPS) is 14.5. The van der Waals surface area contributed by atoms with Gasteiger partial charge in [0.2, 0.25) is 0 Å². The van der Waals surface area contributed by atoms with Crippen LogP contribution in [0.4, 0.5) is 0 Å². The van der Waals surface area contributed by atoms with Crippen LogP contribution in [-0.2, 0) is 31.3 Å². The highest BCUT2D eigenvalue weighted by Crippen LogP contribution is 2.20. The van der Waals surface area contributed by atoms with Crippen LogP contribution in [0.3, 0.4) is 0 Å². The van der Waals surface area contributed by atoms with E-state index in [0.717, 1.165) is 0 Å². The summed E-state index contributed by atoms with van der Waals surface area (Å²) in [6.45, 7) is 0. The fourth-order valence-corrected chi connectivity index (χ4v) is 2.71. The molecular formula is C6H5O8S3-. The van der Waals surface area contributed by atoms with Gasteiger partial charge >= 0.3 is 0 Å². The fraction of sp³-hybridized carbons (Fsp3) is 0. The first kappa shape index (κ1) is 14.2. The number of hydrogen-bond acceptors (Lipinski definition) is 6. The number of benzene rings is 1. The Kier molecular flexibility index (Phi) is 3.71. The summed E-state index contributed by atoms with van der Waals surface area (Å²) in [6.07, 6.45) is 0. The molecule has 0 heterocycles. The molecule has 0 bridgehead atoms. The SMILES string of the molecule is O=S([O-])c1cc(S(=O)(=O)O)cc(S(=O)(=O)O)c1. The van der Waals surface area contributed by atoms with Gasteiger partial charge in [-0.25, -0.2) is 0 Å². The molecule has 96 valence electrons. The molecule has 0 saturated carbocycles. The highest BCUT2D eigenvalue weighted by atomic mass is 32.2. The third-order valence-electron chi connectivity index (χ3n) is 1.64. The van der Waals surface area contributed by atoms with Crippen LogP contribution in [0.5, 0.6) is 0 Å². The second-order valence-electron chi connectivity index (χ2n) is 2.82. The average Bonchev–Trinajstić information content (AvgIpc) is 2.14. The van der Waals surface area contributed by atoms with Crippen LogP contribution in [-0.4, -0.2) is 34.7 Å². The monoisotopic (exact) mass is 301 g/mol. The van der Waals surface area contributed by atoms with Crippen molar-refractivity contribution in [1.29, 1.82) is 0 Å². The molecule has 1 aromatic rings. The zero-order valence-corrected chi connectivity index (χ0v) is 10.3. The molecule has 1 aromatic carbocycles. The topological polar surface area (TPSA) is 149 Å². The van der Waals surface area contributed by atoms with Gasteiger partial charge in [-0.05, 0) is 29.3 Å². The molecular weight excluding hydrogens is 296 g/mol. The number of rotatable bonds is 3. The van der Waals surface area contributed by atoms with E-state index in [1.165, 1.54) is 0 Å². The average molecular weight is 301 g/mol. The lowest BCUT2D eigenvalue weighted by Gasteiger charge is -2.08. The van der Waals surface area contributed by atoms with Crippen LogP contribution < -0.4 is 0 Å². The maximum atomic E-state index is 10.8. The van der Waals surface area contributed by atoms with E-state index in [-0.39, 0.29) is 0 Å². The molecule has 0 aliphatic carbocycles. The van der Waals surface area contributed by atoms with Crippen molar-refractivity contribution in [1.82, 2.24) is 0 Å². The van der Waals surface area contributed by atoms with E-state index in [4.69, 9.17) is 9.11 Å². The molecule has 1 rings (SSSR count). The van der Waals surface area contributed by atoms with Crippen LogP contribution in [0.2, 0.25) is 0 Å². The van der Waals surface area contributed by atoms with Crippen LogP contribution in [0.1, 0.15) is 0 Å². The third kappa shape index (κ3) is 3.55. The Morgan fingerprint density at radius 3 is 1.53 bits per heavy atom. The van der Waals surface area contributed by atoms with E-state index in [1.54, 1.807) is 0 Å². The van der Waals surface area contributed by atoms with Crippen molar-refractivity contribution in [2.24, 2.45) is 0 Å². The molecule has 17 heavy (non-hydrogen) atoms. The fourth-order valence-electron chi connectivity index (χ4n) is 0.940. The van der Waals surface area contributed by atoms with Crippen LogP contribution in [0.25, 0.3) is 0 Å². The van der Waals surface area contributed by atoms with Crippen molar-refractivity contribution in [3.63, 3.8) is 0 Å². The molecule has 2 N–H and O–H groups in total. The molecule has 0 radical (unpaired) electrons. The van der Waals surface area contributed by atoms with Crippen molar-refractivity contribution in [3.8, 4) is 0 Å². The highest BCUT2D eigenvalue weighted by Gasteiger charge is 2.18. The maximum absolute atomic E-state index is 10.8. The molecule has 1 atom stereocenters. The summed E-state index contributed by atoms with van der Waals surface area (Å²) in [7, 11) is -9.58. The van der Waals surface area contributed by atoms with E-state index in [0.29, 0.717) is 18.2 Å². The summed E-state index contributed by atoms with van der Waals surface area (Å²) in [5, 5.41) is 0. The highest BCUT2D eigenvalue weighted by molar-refractivity contribution is 7.86. The van der Waals surface area contributed by atoms with Crippen molar-refractivity contribution in [2.75, 3.05) is 0 Å². The first-order chi connectivity index (χ1) is 7.51. The van der Waals surface area contributed by atoms with Crippen LogP contribution in [0.15, 0.2) is 32.9 Å². The summed E-state index contributed by atoms with van der Waals surface area (Å²) in [5.74, 6) is 0. The lowest BCUT2D eigenvalue weighted by molar-refractivity contribution is 0.480. The second-order valence-corrected chi connectivity index (χ2v) is 6.61. The van der Waals surface area contributed by atoms with E-state index in [9.17, 15) is 25.6 Å². The zero-order chi connectivity index (χ0) is 13.4. The largest absolute Gasteiger partial charge is 0.768 e. The van der Waals surface area contributed by atoms with Gasteiger partial charge in [-0.15, -0.1) is 0 Å². The molecule has 11 heteroatoms. The standard InChI is InChI=1S/C6H6O8S3/c7-15(8)4-1-5(16(9,10)11)3-6(2-4)17(12,13)14/h1-3H,(H,7,8)(H,9,10,11)(H,12,13,14)/p-1. The zero-order valence-electron chi connectivity index (χ0n) is 7.80. The Morgan fingerprint density at radius 2 is 1.29 bits per heavy atom. The summed E-state index contributed by atoms with van der Waals surface area (Å²) in [5.41, 5.74) is 0. The van der Waals surface area contributed by atoms with E-state index in [2.05, 4.69) is 0 Å². The predicted molar refractivity (Wildman–Crippen MR) is 53.3 cm³/mol. The van der Waals surface area contributed by atoms with Gasteiger partial charge in [0.1, 0.15) is 0 Å². The van der Waals surface area contributed by atoms with Crippen molar-refractivity contribution >= 4 is 31.3 Å². The first-order valence-electron chi connectivity index (χ1n) is 3.71. The molecule has 0 aliphatic heterocycles. The first-order valence-corrected chi connectivity index (χ1v) is 7.66. The van der Waals surface area contributed by atoms with E-state index in [1.807, 2.05) is 0 Å². The Morgan fingerprint density at radius 1 is 0.941 bits per heavy atom. The summed E-state index contributed by atoms with van der Waals surface area (Å²) in [6, 6.07) is 1.53. The van der Waals surface area contributed by atoms with E-state index >= 15 is 0 Å². The second kappa shape index (κ2) is 4.44. The van der Waals surface area contributed by atoms with Crippen molar-refractivity contribution < 1.29 is 34.7 Å². The Balaban J connectivity index is 3.68. The summed E-state index contributed by atoms with van der Waals surface area (Å²) >= 11 is -2.92. The number of hydrogen-bond donors (Lipinski definition) is 2. The smallest absolute Gasteiger partial charge is 0.294 e. The summed E-state index contributed by atoms with van der Waals surface area (Å²) in [4.78, 5) is -2.61. The molecule has 0 saturated heterocycles. The minimum atomic E-state index is -4.79. The molecule has 0 aliphatic rings. The lowest BCUT2D eigenvalue weighted by Crippen LogP contribution is -2.05. The quantitative estimate of drug-likeness (QED) is 0.556.